The molecule has 1 amide bonds. The SMILES string of the molecule is CC1CN(Cc2ccccc2)CCN1C(=O)c1ccn(-c2ccccc2F)n1. The number of amides is 1. The monoisotopic (exact) mass is 378 g/mol. The number of para-hydroxylation sites is 1. The molecule has 2 heterocycles. The standard InChI is InChI=1S/C22H23FN4O/c1-17-15-25(16-18-7-3-2-4-8-18)13-14-26(17)22(28)20-11-12-27(24-20)21-10-6-5-9-19(21)23/h2-12,17H,13-16H2,1H3. The molecule has 28 heavy (non-hydrogen) atoms. The van der Waals surface area contributed by atoms with Gasteiger partial charge in [0.25, 0.3) is 5.91 Å². The average Bonchev–Trinajstić information content (AvgIpc) is 3.19. The van der Waals surface area contributed by atoms with E-state index in [-0.39, 0.29) is 17.8 Å². The molecule has 1 aliphatic heterocycles. The number of hydrogen-bond acceptors (Lipinski definition) is 3. The molecule has 0 N–H and O–H groups in total. The summed E-state index contributed by atoms with van der Waals surface area (Å²) in [6.45, 7) is 5.23. The van der Waals surface area contributed by atoms with Crippen LogP contribution in [0.3, 0.4) is 0 Å². The Bertz CT molecular complexity index is 956. The quantitative estimate of drug-likeness (QED) is 0.699. The third-order valence-electron chi connectivity index (χ3n) is 5.13. The zero-order valence-electron chi connectivity index (χ0n) is 15.8. The summed E-state index contributed by atoms with van der Waals surface area (Å²) in [5.41, 5.74) is 1.95. The highest BCUT2D eigenvalue weighted by Crippen LogP contribution is 2.17. The average molecular weight is 378 g/mol. The highest BCUT2D eigenvalue weighted by molar-refractivity contribution is 5.92. The number of halogens is 1. The van der Waals surface area contributed by atoms with Gasteiger partial charge in [-0.15, -0.1) is 0 Å². The minimum absolute atomic E-state index is 0.0866. The lowest BCUT2D eigenvalue weighted by Gasteiger charge is -2.39. The van der Waals surface area contributed by atoms with Gasteiger partial charge in [-0.1, -0.05) is 42.5 Å². The van der Waals surface area contributed by atoms with Gasteiger partial charge in [0.1, 0.15) is 11.5 Å². The van der Waals surface area contributed by atoms with Crippen molar-refractivity contribution < 1.29 is 9.18 Å². The van der Waals surface area contributed by atoms with E-state index in [4.69, 9.17) is 0 Å². The highest BCUT2D eigenvalue weighted by atomic mass is 19.1. The lowest BCUT2D eigenvalue weighted by Crippen LogP contribution is -2.53. The fourth-order valence-electron chi connectivity index (χ4n) is 3.68. The van der Waals surface area contributed by atoms with Crippen LogP contribution >= 0.6 is 0 Å². The molecule has 0 aliphatic carbocycles. The fourth-order valence-corrected chi connectivity index (χ4v) is 3.68. The Morgan fingerprint density at radius 2 is 1.82 bits per heavy atom. The third kappa shape index (κ3) is 3.82. The summed E-state index contributed by atoms with van der Waals surface area (Å²) < 4.78 is 15.4. The Labute approximate surface area is 164 Å². The maximum atomic E-state index is 14.0. The van der Waals surface area contributed by atoms with Crippen LogP contribution in [-0.2, 0) is 6.54 Å². The Balaban J connectivity index is 1.43. The minimum atomic E-state index is -0.368. The van der Waals surface area contributed by atoms with E-state index in [2.05, 4.69) is 29.1 Å². The zero-order valence-corrected chi connectivity index (χ0v) is 15.8. The summed E-state index contributed by atoms with van der Waals surface area (Å²) in [6.07, 6.45) is 1.63. The molecular weight excluding hydrogens is 355 g/mol. The molecule has 2 aromatic carbocycles. The predicted octanol–water partition coefficient (Wildman–Crippen LogP) is 3.36. The molecule has 1 fully saturated rings. The number of aromatic nitrogens is 2. The van der Waals surface area contributed by atoms with Crippen molar-refractivity contribution in [2.75, 3.05) is 19.6 Å². The normalized spacial score (nSPS) is 17.6. The second-order valence-electron chi connectivity index (χ2n) is 7.17. The Hall–Kier alpha value is -2.99. The summed E-state index contributed by atoms with van der Waals surface area (Å²) in [5, 5.41) is 4.31. The number of carbonyl (C=O) groups is 1. The van der Waals surface area contributed by atoms with E-state index in [1.54, 1.807) is 30.5 Å². The number of carbonyl (C=O) groups excluding carboxylic acids is 1. The first-order valence-corrected chi connectivity index (χ1v) is 9.49. The number of benzene rings is 2. The molecule has 144 valence electrons. The molecule has 3 aromatic rings. The van der Waals surface area contributed by atoms with E-state index in [1.807, 2.05) is 23.1 Å². The number of nitrogens with zero attached hydrogens (tertiary/aromatic N) is 4. The zero-order chi connectivity index (χ0) is 19.5. The molecule has 0 spiro atoms. The Morgan fingerprint density at radius 3 is 2.57 bits per heavy atom. The van der Waals surface area contributed by atoms with Gasteiger partial charge < -0.3 is 4.90 Å². The van der Waals surface area contributed by atoms with Crippen LogP contribution in [0.25, 0.3) is 5.69 Å². The number of hydrogen-bond donors (Lipinski definition) is 0. The van der Waals surface area contributed by atoms with Gasteiger partial charge in [-0.2, -0.15) is 5.10 Å². The van der Waals surface area contributed by atoms with Crippen molar-refractivity contribution >= 4 is 5.91 Å². The van der Waals surface area contributed by atoms with Gasteiger partial charge in [0.05, 0.1) is 0 Å². The topological polar surface area (TPSA) is 41.4 Å². The summed E-state index contributed by atoms with van der Waals surface area (Å²) in [6, 6.07) is 18.5. The van der Waals surface area contributed by atoms with E-state index < -0.39 is 0 Å². The van der Waals surface area contributed by atoms with Crippen LogP contribution in [0, 0.1) is 5.82 Å². The highest BCUT2D eigenvalue weighted by Gasteiger charge is 2.29. The van der Waals surface area contributed by atoms with Gasteiger partial charge in [0.15, 0.2) is 5.69 Å². The summed E-state index contributed by atoms with van der Waals surface area (Å²) in [5.74, 6) is -0.477. The van der Waals surface area contributed by atoms with Gasteiger partial charge in [-0.25, -0.2) is 9.07 Å². The molecule has 1 unspecified atom stereocenters. The van der Waals surface area contributed by atoms with Crippen LogP contribution in [0.15, 0.2) is 66.9 Å². The number of rotatable bonds is 4. The van der Waals surface area contributed by atoms with Crippen molar-refractivity contribution in [3.8, 4) is 5.69 Å². The maximum Gasteiger partial charge on any atom is 0.274 e. The predicted molar refractivity (Wildman–Crippen MR) is 106 cm³/mol. The van der Waals surface area contributed by atoms with Crippen LogP contribution in [0.2, 0.25) is 0 Å². The lowest BCUT2D eigenvalue weighted by atomic mass is 10.1. The van der Waals surface area contributed by atoms with E-state index in [1.165, 1.54) is 16.3 Å². The van der Waals surface area contributed by atoms with Crippen molar-refractivity contribution in [2.24, 2.45) is 0 Å². The Kier molecular flexibility index (Phi) is 5.21. The largest absolute Gasteiger partial charge is 0.332 e. The first-order chi connectivity index (χ1) is 13.6. The van der Waals surface area contributed by atoms with Crippen molar-refractivity contribution in [3.63, 3.8) is 0 Å². The van der Waals surface area contributed by atoms with Crippen molar-refractivity contribution in [1.82, 2.24) is 19.6 Å². The molecule has 0 radical (unpaired) electrons. The molecule has 1 aromatic heterocycles. The second kappa shape index (κ2) is 7.94. The van der Waals surface area contributed by atoms with Crippen LogP contribution < -0.4 is 0 Å². The van der Waals surface area contributed by atoms with Crippen molar-refractivity contribution in [3.05, 3.63) is 83.9 Å². The van der Waals surface area contributed by atoms with Crippen LogP contribution in [-0.4, -0.2) is 51.2 Å². The molecule has 0 saturated carbocycles. The van der Waals surface area contributed by atoms with E-state index in [9.17, 15) is 9.18 Å². The molecule has 0 bridgehead atoms. The van der Waals surface area contributed by atoms with Gasteiger partial charge in [0, 0.05) is 38.4 Å². The van der Waals surface area contributed by atoms with Crippen molar-refractivity contribution in [2.45, 2.75) is 19.5 Å². The van der Waals surface area contributed by atoms with Gasteiger partial charge in [-0.05, 0) is 30.7 Å². The van der Waals surface area contributed by atoms with E-state index in [0.717, 1.165) is 19.6 Å². The number of piperazine rings is 1. The maximum absolute atomic E-state index is 14.0. The van der Waals surface area contributed by atoms with Crippen LogP contribution in [0.4, 0.5) is 4.39 Å². The van der Waals surface area contributed by atoms with Crippen LogP contribution in [0.1, 0.15) is 23.0 Å². The molecular formula is C22H23FN4O. The van der Waals surface area contributed by atoms with Gasteiger partial charge >= 0.3 is 0 Å². The van der Waals surface area contributed by atoms with Crippen LogP contribution in [0.5, 0.6) is 0 Å². The summed E-state index contributed by atoms with van der Waals surface area (Å²) in [7, 11) is 0. The van der Waals surface area contributed by atoms with E-state index in [0.29, 0.717) is 17.9 Å². The second-order valence-corrected chi connectivity index (χ2v) is 7.17. The van der Waals surface area contributed by atoms with Gasteiger partial charge in [-0.3, -0.25) is 9.69 Å². The molecule has 1 saturated heterocycles. The first kappa shape index (κ1) is 18.4. The third-order valence-corrected chi connectivity index (χ3v) is 5.13. The lowest BCUT2D eigenvalue weighted by molar-refractivity contribution is 0.0469. The summed E-state index contributed by atoms with van der Waals surface area (Å²) >= 11 is 0. The van der Waals surface area contributed by atoms with Gasteiger partial charge in [0.2, 0.25) is 0 Å². The van der Waals surface area contributed by atoms with E-state index >= 15 is 0 Å². The molecule has 5 nitrogen and oxygen atoms in total. The molecule has 6 heteroatoms. The first-order valence-electron chi connectivity index (χ1n) is 9.49. The molecule has 1 aliphatic rings. The molecule has 1 atom stereocenters. The molecule has 4 rings (SSSR count). The Morgan fingerprint density at radius 1 is 1.07 bits per heavy atom. The minimum Gasteiger partial charge on any atom is -0.332 e. The fraction of sp³-hybridized carbons (Fsp3) is 0.273. The van der Waals surface area contributed by atoms with Crippen molar-refractivity contribution in [1.29, 1.82) is 0 Å². The smallest absolute Gasteiger partial charge is 0.274 e. The summed E-state index contributed by atoms with van der Waals surface area (Å²) in [4.78, 5) is 17.2.